The number of carbonyl (C=O) groups excluding carboxylic acids is 1. The van der Waals surface area contributed by atoms with Gasteiger partial charge in [-0.15, -0.1) is 0 Å². The molecule has 2 aliphatic heterocycles. The van der Waals surface area contributed by atoms with Gasteiger partial charge in [0.05, 0.1) is 20.1 Å². The van der Waals surface area contributed by atoms with Crippen LogP contribution in [0.2, 0.25) is 0 Å². The monoisotopic (exact) mass is 535 g/mol. The SMILES string of the molecule is COc1ccc(OC)c(S(=O)(=O)N2CC(C(=O)N3CCN(c4ccccc4)CC3)C(c3ccccc3)C2)c1. The van der Waals surface area contributed by atoms with E-state index in [9.17, 15) is 13.2 Å². The minimum absolute atomic E-state index is 0.00173. The smallest absolute Gasteiger partial charge is 0.246 e. The first-order valence-electron chi connectivity index (χ1n) is 12.8. The Kier molecular flexibility index (Phi) is 7.58. The predicted molar refractivity (Wildman–Crippen MR) is 146 cm³/mol. The number of methoxy groups -OCH3 is 2. The molecular weight excluding hydrogens is 502 g/mol. The zero-order valence-electron chi connectivity index (χ0n) is 21.7. The molecule has 200 valence electrons. The lowest BCUT2D eigenvalue weighted by Gasteiger charge is -2.37. The Labute approximate surface area is 224 Å². The van der Waals surface area contributed by atoms with Gasteiger partial charge in [0.2, 0.25) is 15.9 Å². The second-order valence-corrected chi connectivity index (χ2v) is 11.5. The van der Waals surface area contributed by atoms with Gasteiger partial charge in [0.15, 0.2) is 0 Å². The summed E-state index contributed by atoms with van der Waals surface area (Å²) < 4.78 is 39.8. The number of rotatable bonds is 7. The molecule has 8 nitrogen and oxygen atoms in total. The van der Waals surface area contributed by atoms with Crippen molar-refractivity contribution in [1.29, 1.82) is 0 Å². The second-order valence-electron chi connectivity index (χ2n) is 9.61. The zero-order chi connectivity index (χ0) is 26.7. The van der Waals surface area contributed by atoms with Gasteiger partial charge in [0.1, 0.15) is 16.4 Å². The number of anilines is 1. The third-order valence-electron chi connectivity index (χ3n) is 7.53. The molecule has 0 aromatic heterocycles. The van der Waals surface area contributed by atoms with Crippen molar-refractivity contribution in [3.63, 3.8) is 0 Å². The van der Waals surface area contributed by atoms with Crippen LogP contribution in [0.5, 0.6) is 11.5 Å². The number of piperazine rings is 1. The summed E-state index contributed by atoms with van der Waals surface area (Å²) in [4.78, 5) is 18.1. The van der Waals surface area contributed by atoms with E-state index < -0.39 is 15.9 Å². The molecule has 3 aromatic carbocycles. The first-order valence-corrected chi connectivity index (χ1v) is 14.2. The minimum Gasteiger partial charge on any atom is -0.497 e. The van der Waals surface area contributed by atoms with Gasteiger partial charge < -0.3 is 19.3 Å². The van der Waals surface area contributed by atoms with Crippen molar-refractivity contribution in [2.24, 2.45) is 5.92 Å². The van der Waals surface area contributed by atoms with Crippen molar-refractivity contribution in [1.82, 2.24) is 9.21 Å². The molecule has 9 heteroatoms. The quantitative estimate of drug-likeness (QED) is 0.461. The molecule has 2 aliphatic rings. The van der Waals surface area contributed by atoms with Gasteiger partial charge in [-0.25, -0.2) is 8.42 Å². The highest BCUT2D eigenvalue weighted by molar-refractivity contribution is 7.89. The standard InChI is InChI=1S/C29H33N3O5S/c1-36-24-13-14-27(37-2)28(19-24)38(34,35)32-20-25(22-9-5-3-6-10-22)26(21-32)29(33)31-17-15-30(16-18-31)23-11-7-4-8-12-23/h3-14,19,25-26H,15-18,20-21H2,1-2H3. The van der Waals surface area contributed by atoms with Crippen LogP contribution in [-0.4, -0.2) is 77.0 Å². The van der Waals surface area contributed by atoms with Crippen LogP contribution < -0.4 is 14.4 Å². The average Bonchev–Trinajstić information content (AvgIpc) is 3.44. The van der Waals surface area contributed by atoms with Crippen LogP contribution in [0, 0.1) is 5.92 Å². The third kappa shape index (κ3) is 5.08. The topological polar surface area (TPSA) is 79.4 Å². The van der Waals surface area contributed by atoms with E-state index in [1.165, 1.54) is 24.6 Å². The lowest BCUT2D eigenvalue weighted by atomic mass is 9.88. The number of carbonyl (C=O) groups is 1. The van der Waals surface area contributed by atoms with E-state index in [2.05, 4.69) is 17.0 Å². The summed E-state index contributed by atoms with van der Waals surface area (Å²) >= 11 is 0. The summed E-state index contributed by atoms with van der Waals surface area (Å²) in [6.07, 6.45) is 0. The number of hydrogen-bond acceptors (Lipinski definition) is 6. The molecule has 0 spiro atoms. The molecule has 2 saturated heterocycles. The van der Waals surface area contributed by atoms with Crippen LogP contribution in [0.3, 0.4) is 0 Å². The number of nitrogens with zero attached hydrogens (tertiary/aromatic N) is 3. The van der Waals surface area contributed by atoms with Gasteiger partial charge in [-0.1, -0.05) is 48.5 Å². The molecule has 2 atom stereocenters. The summed E-state index contributed by atoms with van der Waals surface area (Å²) in [7, 11) is -1.01. The molecule has 0 bridgehead atoms. The Hall–Kier alpha value is -3.56. The van der Waals surface area contributed by atoms with Gasteiger partial charge in [-0.05, 0) is 29.8 Å². The van der Waals surface area contributed by atoms with E-state index in [0.717, 1.165) is 24.3 Å². The highest BCUT2D eigenvalue weighted by Gasteiger charge is 2.45. The van der Waals surface area contributed by atoms with E-state index in [1.807, 2.05) is 53.4 Å². The number of para-hydroxylation sites is 1. The number of ether oxygens (including phenoxy) is 2. The molecule has 0 aliphatic carbocycles. The summed E-state index contributed by atoms with van der Waals surface area (Å²) in [5.41, 5.74) is 2.11. The van der Waals surface area contributed by atoms with Gasteiger partial charge in [-0.2, -0.15) is 4.31 Å². The fourth-order valence-corrected chi connectivity index (χ4v) is 7.10. The van der Waals surface area contributed by atoms with Crippen LogP contribution in [0.15, 0.2) is 83.8 Å². The Morgan fingerprint density at radius 3 is 2.11 bits per heavy atom. The normalized spacial score (nSPS) is 20.4. The Bertz CT molecular complexity index is 1360. The molecule has 38 heavy (non-hydrogen) atoms. The second kappa shape index (κ2) is 11.0. The summed E-state index contributed by atoms with van der Waals surface area (Å²) in [5.74, 6) is -0.0582. The zero-order valence-corrected chi connectivity index (χ0v) is 22.5. The van der Waals surface area contributed by atoms with Crippen molar-refractivity contribution in [3.05, 3.63) is 84.4 Å². The maximum atomic E-state index is 13.9. The van der Waals surface area contributed by atoms with Crippen molar-refractivity contribution < 1.29 is 22.7 Å². The Balaban J connectivity index is 1.40. The van der Waals surface area contributed by atoms with Crippen LogP contribution in [-0.2, 0) is 14.8 Å². The first-order chi connectivity index (χ1) is 18.4. The number of benzene rings is 3. The summed E-state index contributed by atoms with van der Waals surface area (Å²) in [6, 6.07) is 24.6. The Morgan fingerprint density at radius 1 is 0.816 bits per heavy atom. The molecule has 2 fully saturated rings. The van der Waals surface area contributed by atoms with Crippen LogP contribution in [0.1, 0.15) is 11.5 Å². The fraction of sp³-hybridized carbons (Fsp3) is 0.345. The maximum absolute atomic E-state index is 13.9. The van der Waals surface area contributed by atoms with Crippen molar-refractivity contribution >= 4 is 21.6 Å². The van der Waals surface area contributed by atoms with Crippen LogP contribution >= 0.6 is 0 Å². The molecule has 1 amide bonds. The lowest BCUT2D eigenvalue weighted by molar-refractivity contribution is -0.135. The molecule has 5 rings (SSSR count). The third-order valence-corrected chi connectivity index (χ3v) is 9.39. The van der Waals surface area contributed by atoms with Crippen LogP contribution in [0.25, 0.3) is 0 Å². The number of amides is 1. The van der Waals surface area contributed by atoms with Crippen molar-refractivity contribution in [2.75, 3.05) is 58.4 Å². The highest BCUT2D eigenvalue weighted by atomic mass is 32.2. The predicted octanol–water partition coefficient (Wildman–Crippen LogP) is 3.46. The van der Waals surface area contributed by atoms with E-state index in [-0.39, 0.29) is 35.6 Å². The largest absolute Gasteiger partial charge is 0.497 e. The summed E-state index contributed by atoms with van der Waals surface area (Å²) in [5, 5.41) is 0. The molecule has 2 unspecified atom stereocenters. The van der Waals surface area contributed by atoms with Gasteiger partial charge in [0, 0.05) is 56.9 Å². The van der Waals surface area contributed by atoms with Gasteiger partial charge in [-0.3, -0.25) is 4.79 Å². The van der Waals surface area contributed by atoms with E-state index in [1.54, 1.807) is 12.1 Å². The van der Waals surface area contributed by atoms with Crippen LogP contribution in [0.4, 0.5) is 5.69 Å². The van der Waals surface area contributed by atoms with Gasteiger partial charge >= 0.3 is 0 Å². The molecule has 0 saturated carbocycles. The maximum Gasteiger partial charge on any atom is 0.246 e. The van der Waals surface area contributed by atoms with Crippen molar-refractivity contribution in [2.45, 2.75) is 10.8 Å². The van der Waals surface area contributed by atoms with E-state index in [4.69, 9.17) is 9.47 Å². The number of sulfonamides is 1. The first kappa shape index (κ1) is 26.1. The number of hydrogen-bond donors (Lipinski definition) is 0. The molecule has 2 heterocycles. The molecule has 0 N–H and O–H groups in total. The highest BCUT2D eigenvalue weighted by Crippen LogP contribution is 2.39. The van der Waals surface area contributed by atoms with E-state index in [0.29, 0.717) is 18.8 Å². The molecular formula is C29H33N3O5S. The molecule has 3 aromatic rings. The van der Waals surface area contributed by atoms with Gasteiger partial charge in [0.25, 0.3) is 0 Å². The summed E-state index contributed by atoms with van der Waals surface area (Å²) in [6.45, 7) is 3.00. The minimum atomic E-state index is -3.95. The fourth-order valence-electron chi connectivity index (χ4n) is 5.44. The Morgan fingerprint density at radius 2 is 1.47 bits per heavy atom. The van der Waals surface area contributed by atoms with Crippen molar-refractivity contribution in [3.8, 4) is 11.5 Å². The lowest BCUT2D eigenvalue weighted by Crippen LogP contribution is -2.51. The average molecular weight is 536 g/mol. The van der Waals surface area contributed by atoms with E-state index >= 15 is 0 Å². The molecule has 0 radical (unpaired) electrons.